The summed E-state index contributed by atoms with van der Waals surface area (Å²) < 4.78 is 0. The minimum absolute atomic E-state index is 0.332. The highest BCUT2D eigenvalue weighted by atomic mass is 16.4. The molecule has 0 aliphatic heterocycles. The lowest BCUT2D eigenvalue weighted by atomic mass is 9.85. The van der Waals surface area contributed by atoms with Gasteiger partial charge in [0.25, 0.3) is 0 Å². The van der Waals surface area contributed by atoms with E-state index in [0.717, 1.165) is 35.2 Å². The van der Waals surface area contributed by atoms with Gasteiger partial charge in [-0.1, -0.05) is 18.2 Å². The Bertz CT molecular complexity index is 717. The normalized spacial score (nSPS) is 13.6. The van der Waals surface area contributed by atoms with Crippen LogP contribution in [0.1, 0.15) is 39.2 Å². The number of nitrogens with zero attached hydrogens (tertiary/aromatic N) is 1. The number of benzene rings is 1. The Kier molecular flexibility index (Phi) is 3.11. The molecule has 3 nitrogen and oxygen atoms in total. The van der Waals surface area contributed by atoms with Crippen LogP contribution < -0.4 is 0 Å². The molecule has 1 N–H and O–H groups in total. The zero-order valence-electron chi connectivity index (χ0n) is 11.3. The quantitative estimate of drug-likeness (QED) is 0.904. The van der Waals surface area contributed by atoms with Crippen LogP contribution in [0, 0.1) is 6.92 Å². The van der Waals surface area contributed by atoms with Gasteiger partial charge in [-0.15, -0.1) is 0 Å². The Balaban J connectivity index is 2.17. The lowest BCUT2D eigenvalue weighted by Crippen LogP contribution is -2.06. The number of fused-ring (bicyclic) bond motifs is 1. The number of carboxylic acid groups (broad SMARTS) is 1. The molecule has 0 spiro atoms. The fraction of sp³-hybridized carbons (Fsp3) is 0.176. The summed E-state index contributed by atoms with van der Waals surface area (Å²) in [4.78, 5) is 15.5. The first-order chi connectivity index (χ1) is 9.66. The van der Waals surface area contributed by atoms with Crippen molar-refractivity contribution in [1.29, 1.82) is 0 Å². The van der Waals surface area contributed by atoms with Gasteiger partial charge < -0.3 is 5.11 Å². The molecule has 0 bridgehead atoms. The Morgan fingerprint density at radius 1 is 1.25 bits per heavy atom. The molecule has 3 heteroatoms. The zero-order valence-corrected chi connectivity index (χ0v) is 11.3. The summed E-state index contributed by atoms with van der Waals surface area (Å²) in [5, 5.41) is 9.17. The van der Waals surface area contributed by atoms with Crippen LogP contribution >= 0.6 is 0 Å². The van der Waals surface area contributed by atoms with Crippen LogP contribution in [-0.2, 0) is 6.42 Å². The molecule has 1 aromatic heterocycles. The van der Waals surface area contributed by atoms with Gasteiger partial charge in [0.15, 0.2) is 0 Å². The van der Waals surface area contributed by atoms with Crippen LogP contribution in [0.3, 0.4) is 0 Å². The van der Waals surface area contributed by atoms with E-state index in [2.05, 4.69) is 11.1 Å². The summed E-state index contributed by atoms with van der Waals surface area (Å²) in [6.45, 7) is 1.98. The molecule has 1 aliphatic carbocycles. The van der Waals surface area contributed by atoms with Crippen molar-refractivity contribution < 1.29 is 9.90 Å². The predicted octanol–water partition coefficient (Wildman–Crippen LogP) is 3.47. The van der Waals surface area contributed by atoms with Gasteiger partial charge in [-0.05, 0) is 54.7 Å². The average molecular weight is 265 g/mol. The van der Waals surface area contributed by atoms with E-state index in [1.807, 2.05) is 25.1 Å². The summed E-state index contributed by atoms with van der Waals surface area (Å²) in [6.07, 6.45) is 5.88. The second-order valence-corrected chi connectivity index (χ2v) is 4.97. The first-order valence-electron chi connectivity index (χ1n) is 6.65. The van der Waals surface area contributed by atoms with Crippen LogP contribution in [-0.4, -0.2) is 16.1 Å². The number of pyridine rings is 1. The van der Waals surface area contributed by atoms with Gasteiger partial charge in [-0.3, -0.25) is 4.98 Å². The third-order valence-corrected chi connectivity index (χ3v) is 3.71. The number of rotatable bonds is 2. The van der Waals surface area contributed by atoms with Crippen molar-refractivity contribution in [2.45, 2.75) is 19.8 Å². The summed E-state index contributed by atoms with van der Waals surface area (Å²) >= 11 is 0. The smallest absolute Gasteiger partial charge is 0.335 e. The highest BCUT2D eigenvalue weighted by Crippen LogP contribution is 2.33. The topological polar surface area (TPSA) is 50.2 Å². The number of carbonyl (C=O) groups is 1. The van der Waals surface area contributed by atoms with Gasteiger partial charge >= 0.3 is 5.97 Å². The Morgan fingerprint density at radius 2 is 2.10 bits per heavy atom. The molecular weight excluding hydrogens is 250 g/mol. The van der Waals surface area contributed by atoms with E-state index in [0.29, 0.717) is 5.56 Å². The monoisotopic (exact) mass is 265 g/mol. The summed E-state index contributed by atoms with van der Waals surface area (Å²) in [5.74, 6) is -0.888. The molecule has 0 radical (unpaired) electrons. The average Bonchev–Trinajstić information content (AvgIpc) is 2.46. The fourth-order valence-corrected chi connectivity index (χ4v) is 2.68. The maximum absolute atomic E-state index is 11.2. The lowest BCUT2D eigenvalue weighted by Gasteiger charge is -2.19. The fourth-order valence-electron chi connectivity index (χ4n) is 2.68. The van der Waals surface area contributed by atoms with E-state index >= 15 is 0 Å². The Labute approximate surface area is 117 Å². The van der Waals surface area contributed by atoms with Crippen molar-refractivity contribution in [3.05, 3.63) is 70.6 Å². The molecule has 0 fully saturated rings. The standard InChI is InChI=1S/C17H15NO2/c1-11-14(6-3-9-18-11)15-5-2-4-12-7-8-13(17(19)20)10-16(12)15/h3,5-10H,2,4H2,1H3,(H,19,20). The number of aromatic carboxylic acids is 1. The van der Waals surface area contributed by atoms with Gasteiger partial charge in [-0.2, -0.15) is 0 Å². The lowest BCUT2D eigenvalue weighted by molar-refractivity contribution is 0.0697. The highest BCUT2D eigenvalue weighted by molar-refractivity contribution is 5.91. The molecule has 0 unspecified atom stereocenters. The van der Waals surface area contributed by atoms with E-state index in [1.165, 1.54) is 5.56 Å². The Morgan fingerprint density at radius 3 is 2.85 bits per heavy atom. The van der Waals surface area contributed by atoms with Gasteiger partial charge in [0, 0.05) is 17.5 Å². The second-order valence-electron chi connectivity index (χ2n) is 4.97. The van der Waals surface area contributed by atoms with Crippen molar-refractivity contribution in [2.24, 2.45) is 0 Å². The van der Waals surface area contributed by atoms with Crippen LogP contribution in [0.25, 0.3) is 5.57 Å². The van der Waals surface area contributed by atoms with E-state index in [4.69, 9.17) is 5.11 Å². The largest absolute Gasteiger partial charge is 0.478 e. The van der Waals surface area contributed by atoms with Crippen LogP contribution in [0.15, 0.2) is 42.6 Å². The minimum Gasteiger partial charge on any atom is -0.478 e. The first kappa shape index (κ1) is 12.6. The van der Waals surface area contributed by atoms with E-state index in [9.17, 15) is 4.79 Å². The number of aryl methyl sites for hydroxylation is 2. The zero-order chi connectivity index (χ0) is 14.1. The molecule has 0 atom stereocenters. The van der Waals surface area contributed by atoms with Crippen LogP contribution in [0.2, 0.25) is 0 Å². The molecule has 2 aromatic rings. The predicted molar refractivity (Wildman–Crippen MR) is 77.8 cm³/mol. The summed E-state index contributed by atoms with van der Waals surface area (Å²) in [6, 6.07) is 9.34. The number of aromatic nitrogens is 1. The van der Waals surface area contributed by atoms with Gasteiger partial charge in [0.2, 0.25) is 0 Å². The summed E-state index contributed by atoms with van der Waals surface area (Å²) in [5.41, 5.74) is 5.70. The molecule has 100 valence electrons. The maximum atomic E-state index is 11.2. The number of allylic oxidation sites excluding steroid dienone is 1. The third-order valence-electron chi connectivity index (χ3n) is 3.71. The molecule has 1 aliphatic rings. The molecule has 20 heavy (non-hydrogen) atoms. The third kappa shape index (κ3) is 2.11. The van der Waals surface area contributed by atoms with Gasteiger partial charge in [-0.25, -0.2) is 4.79 Å². The van der Waals surface area contributed by atoms with Crippen LogP contribution in [0.4, 0.5) is 0 Å². The molecule has 0 saturated heterocycles. The molecule has 0 saturated carbocycles. The molecular formula is C17H15NO2. The second kappa shape index (κ2) is 4.93. The van der Waals surface area contributed by atoms with E-state index in [1.54, 1.807) is 18.3 Å². The molecule has 1 aromatic carbocycles. The van der Waals surface area contributed by atoms with Crippen molar-refractivity contribution in [3.63, 3.8) is 0 Å². The van der Waals surface area contributed by atoms with Gasteiger partial charge in [0.1, 0.15) is 0 Å². The molecule has 0 amide bonds. The van der Waals surface area contributed by atoms with Crippen LogP contribution in [0.5, 0.6) is 0 Å². The SMILES string of the molecule is Cc1ncccc1C1=CCCc2ccc(C(=O)O)cc21. The van der Waals surface area contributed by atoms with Crippen molar-refractivity contribution in [3.8, 4) is 0 Å². The molecule has 3 rings (SSSR count). The molecule has 1 heterocycles. The number of hydrogen-bond acceptors (Lipinski definition) is 2. The van der Waals surface area contributed by atoms with Crippen molar-refractivity contribution in [2.75, 3.05) is 0 Å². The van der Waals surface area contributed by atoms with Crippen molar-refractivity contribution >= 4 is 11.5 Å². The van der Waals surface area contributed by atoms with Gasteiger partial charge in [0.05, 0.1) is 5.56 Å². The van der Waals surface area contributed by atoms with E-state index in [-0.39, 0.29) is 0 Å². The van der Waals surface area contributed by atoms with Crippen molar-refractivity contribution in [1.82, 2.24) is 4.98 Å². The number of hydrogen-bond donors (Lipinski definition) is 1. The highest BCUT2D eigenvalue weighted by Gasteiger charge is 2.17. The minimum atomic E-state index is -0.888. The summed E-state index contributed by atoms with van der Waals surface area (Å²) in [7, 11) is 0. The number of carboxylic acids is 1. The Hall–Kier alpha value is -2.42. The first-order valence-corrected chi connectivity index (χ1v) is 6.65. The maximum Gasteiger partial charge on any atom is 0.335 e. The van der Waals surface area contributed by atoms with E-state index < -0.39 is 5.97 Å².